The number of halogens is 1. The van der Waals surface area contributed by atoms with Crippen molar-refractivity contribution in [3.05, 3.63) is 22.7 Å². The molecule has 4 nitrogen and oxygen atoms in total. The van der Waals surface area contributed by atoms with Gasteiger partial charge in [-0.1, -0.05) is 15.9 Å². The molecule has 0 saturated carbocycles. The number of hydrogen-bond acceptors (Lipinski definition) is 3. The lowest BCUT2D eigenvalue weighted by molar-refractivity contribution is -0.115. The fourth-order valence-electron chi connectivity index (χ4n) is 1.40. The second-order valence-electron chi connectivity index (χ2n) is 3.32. The van der Waals surface area contributed by atoms with Crippen LogP contribution in [0.1, 0.15) is 6.92 Å². The fraction of sp³-hybridized carbons (Fsp3) is 0.222. The summed E-state index contributed by atoms with van der Waals surface area (Å²) in [6, 6.07) is 4.76. The number of fused-ring (bicyclic) bond motifs is 1. The van der Waals surface area contributed by atoms with Gasteiger partial charge in [0.2, 0.25) is 5.91 Å². The summed E-state index contributed by atoms with van der Waals surface area (Å²) >= 11 is 3.20. The van der Waals surface area contributed by atoms with Crippen LogP contribution in [0.15, 0.2) is 27.6 Å². The summed E-state index contributed by atoms with van der Waals surface area (Å²) in [7, 11) is -3.53. The lowest BCUT2D eigenvalue weighted by Crippen LogP contribution is -2.37. The van der Waals surface area contributed by atoms with E-state index in [2.05, 4.69) is 21.2 Å². The molecule has 1 N–H and O–H groups in total. The van der Waals surface area contributed by atoms with Gasteiger partial charge in [-0.2, -0.15) is 0 Å². The van der Waals surface area contributed by atoms with Gasteiger partial charge in [0.25, 0.3) is 0 Å². The van der Waals surface area contributed by atoms with E-state index in [1.807, 2.05) is 0 Å². The maximum absolute atomic E-state index is 11.9. The largest absolute Gasteiger partial charge is 0.324 e. The van der Waals surface area contributed by atoms with Crippen molar-refractivity contribution in [1.82, 2.24) is 0 Å². The Morgan fingerprint density at radius 3 is 2.73 bits per heavy atom. The third-order valence-electron chi connectivity index (χ3n) is 2.34. The average Bonchev–Trinajstić information content (AvgIpc) is 2.17. The van der Waals surface area contributed by atoms with Crippen LogP contribution in [-0.2, 0) is 14.6 Å². The molecular formula is C9H8BrNO3S. The minimum absolute atomic E-state index is 0.170. The van der Waals surface area contributed by atoms with Gasteiger partial charge in [-0.25, -0.2) is 8.42 Å². The molecule has 0 fully saturated rings. The van der Waals surface area contributed by atoms with Gasteiger partial charge in [0, 0.05) is 4.47 Å². The van der Waals surface area contributed by atoms with Crippen molar-refractivity contribution in [3.63, 3.8) is 0 Å². The summed E-state index contributed by atoms with van der Waals surface area (Å²) in [6.45, 7) is 1.38. The van der Waals surface area contributed by atoms with Gasteiger partial charge in [0.1, 0.15) is 5.25 Å². The molecule has 0 spiro atoms. The van der Waals surface area contributed by atoms with Crippen LogP contribution in [0.4, 0.5) is 5.69 Å². The van der Waals surface area contributed by atoms with Crippen molar-refractivity contribution in [2.24, 2.45) is 0 Å². The van der Waals surface area contributed by atoms with E-state index in [1.54, 1.807) is 12.1 Å². The molecule has 80 valence electrons. The zero-order valence-corrected chi connectivity index (χ0v) is 10.2. The molecule has 1 atom stereocenters. The summed E-state index contributed by atoms with van der Waals surface area (Å²) in [5, 5.41) is 1.53. The van der Waals surface area contributed by atoms with Crippen LogP contribution in [0.5, 0.6) is 0 Å². The Morgan fingerprint density at radius 2 is 2.07 bits per heavy atom. The van der Waals surface area contributed by atoms with Crippen LogP contribution in [0.3, 0.4) is 0 Å². The predicted octanol–water partition coefficient (Wildman–Crippen LogP) is 1.56. The third kappa shape index (κ3) is 1.57. The molecule has 0 aliphatic carbocycles. The molecule has 6 heteroatoms. The molecule has 0 radical (unpaired) electrons. The Bertz CT molecular complexity index is 538. The molecule has 2 rings (SSSR count). The van der Waals surface area contributed by atoms with E-state index in [9.17, 15) is 13.2 Å². The first kappa shape index (κ1) is 10.6. The topological polar surface area (TPSA) is 63.2 Å². The average molecular weight is 290 g/mol. The van der Waals surface area contributed by atoms with Crippen LogP contribution in [0.2, 0.25) is 0 Å². The van der Waals surface area contributed by atoms with Gasteiger partial charge in [0.05, 0.1) is 10.6 Å². The molecule has 1 heterocycles. The number of carbonyl (C=O) groups is 1. The molecule has 0 bridgehead atoms. The Balaban J connectivity index is 2.73. The van der Waals surface area contributed by atoms with Crippen molar-refractivity contribution >= 4 is 37.4 Å². The quantitative estimate of drug-likeness (QED) is 0.788. The van der Waals surface area contributed by atoms with E-state index >= 15 is 0 Å². The van der Waals surface area contributed by atoms with Crippen molar-refractivity contribution in [3.8, 4) is 0 Å². The highest BCUT2D eigenvalue weighted by molar-refractivity contribution is 9.10. The van der Waals surface area contributed by atoms with E-state index in [0.29, 0.717) is 10.2 Å². The summed E-state index contributed by atoms with van der Waals surface area (Å²) in [5.41, 5.74) is 0.348. The van der Waals surface area contributed by atoms with E-state index in [4.69, 9.17) is 0 Å². The predicted molar refractivity (Wildman–Crippen MR) is 59.4 cm³/mol. The molecule has 1 unspecified atom stereocenters. The second-order valence-corrected chi connectivity index (χ2v) is 6.47. The zero-order valence-electron chi connectivity index (χ0n) is 7.82. The van der Waals surface area contributed by atoms with Crippen molar-refractivity contribution in [1.29, 1.82) is 0 Å². The number of benzene rings is 1. The molecule has 1 amide bonds. The molecule has 1 aliphatic rings. The Kier molecular flexibility index (Phi) is 2.35. The molecule has 0 saturated heterocycles. The zero-order chi connectivity index (χ0) is 11.2. The standard InChI is InChI=1S/C9H8BrNO3S/c1-5-9(12)11-7-3-2-6(10)4-8(7)15(5,13)14/h2-5H,1H3,(H,11,12). The minimum atomic E-state index is -3.53. The summed E-state index contributed by atoms with van der Waals surface area (Å²) < 4.78 is 24.4. The van der Waals surface area contributed by atoms with Gasteiger partial charge >= 0.3 is 0 Å². The third-order valence-corrected chi connectivity index (χ3v) is 4.93. The number of rotatable bonds is 0. The Labute approximate surface area is 95.7 Å². The van der Waals surface area contributed by atoms with Crippen LogP contribution in [0.25, 0.3) is 0 Å². The molecule has 0 aromatic heterocycles. The van der Waals surface area contributed by atoms with Crippen molar-refractivity contribution in [2.75, 3.05) is 5.32 Å². The normalized spacial score (nSPS) is 23.1. The van der Waals surface area contributed by atoms with E-state index in [0.717, 1.165) is 0 Å². The molecule has 1 aliphatic heterocycles. The lowest BCUT2D eigenvalue weighted by Gasteiger charge is -2.22. The lowest BCUT2D eigenvalue weighted by atomic mass is 10.3. The molecule has 1 aromatic rings. The summed E-state index contributed by atoms with van der Waals surface area (Å²) in [6.07, 6.45) is 0. The highest BCUT2D eigenvalue weighted by atomic mass is 79.9. The minimum Gasteiger partial charge on any atom is -0.324 e. The maximum Gasteiger partial charge on any atom is 0.242 e. The fourth-order valence-corrected chi connectivity index (χ4v) is 3.35. The number of hydrogen-bond donors (Lipinski definition) is 1. The van der Waals surface area contributed by atoms with Gasteiger partial charge in [-0.15, -0.1) is 0 Å². The van der Waals surface area contributed by atoms with Gasteiger partial charge < -0.3 is 5.32 Å². The monoisotopic (exact) mass is 289 g/mol. The van der Waals surface area contributed by atoms with Crippen LogP contribution in [-0.4, -0.2) is 19.6 Å². The first-order valence-electron chi connectivity index (χ1n) is 4.27. The van der Waals surface area contributed by atoms with Gasteiger partial charge in [0.15, 0.2) is 9.84 Å². The van der Waals surface area contributed by atoms with Crippen LogP contribution >= 0.6 is 15.9 Å². The molecule has 1 aromatic carbocycles. The highest BCUT2D eigenvalue weighted by Crippen LogP contribution is 2.32. The number of anilines is 1. The molecular weight excluding hydrogens is 282 g/mol. The first-order chi connectivity index (χ1) is 6.93. The van der Waals surface area contributed by atoms with E-state index in [1.165, 1.54) is 13.0 Å². The highest BCUT2D eigenvalue weighted by Gasteiger charge is 2.36. The van der Waals surface area contributed by atoms with E-state index < -0.39 is 21.0 Å². The van der Waals surface area contributed by atoms with Crippen LogP contribution < -0.4 is 5.32 Å². The van der Waals surface area contributed by atoms with Crippen LogP contribution in [0, 0.1) is 0 Å². The Morgan fingerprint density at radius 1 is 1.40 bits per heavy atom. The molecule has 15 heavy (non-hydrogen) atoms. The van der Waals surface area contributed by atoms with E-state index in [-0.39, 0.29) is 4.90 Å². The van der Waals surface area contributed by atoms with Gasteiger partial charge in [-0.3, -0.25) is 4.79 Å². The smallest absolute Gasteiger partial charge is 0.242 e. The number of carbonyl (C=O) groups excluding carboxylic acids is 1. The summed E-state index contributed by atoms with van der Waals surface area (Å²) in [4.78, 5) is 11.5. The SMILES string of the molecule is CC1C(=O)Nc2ccc(Br)cc2S1(=O)=O. The van der Waals surface area contributed by atoms with Crippen molar-refractivity contribution < 1.29 is 13.2 Å². The number of amides is 1. The number of sulfone groups is 1. The second kappa shape index (κ2) is 3.31. The Hall–Kier alpha value is -0.880. The number of nitrogens with one attached hydrogen (secondary N) is 1. The first-order valence-corrected chi connectivity index (χ1v) is 6.61. The maximum atomic E-state index is 11.9. The summed E-state index contributed by atoms with van der Waals surface area (Å²) in [5.74, 6) is -0.482. The van der Waals surface area contributed by atoms with Gasteiger partial charge in [-0.05, 0) is 25.1 Å². The van der Waals surface area contributed by atoms with Crippen molar-refractivity contribution in [2.45, 2.75) is 17.1 Å².